The monoisotopic (exact) mass is 421 g/mol. The maximum absolute atomic E-state index is 14.0. The number of sulfone groups is 1. The molecule has 1 aromatic carbocycles. The maximum Gasteiger partial charge on any atom is 0.340 e. The van der Waals surface area contributed by atoms with E-state index in [0.29, 0.717) is 11.3 Å². The summed E-state index contributed by atoms with van der Waals surface area (Å²) in [5, 5.41) is 0. The average Bonchev–Trinajstić information content (AvgIpc) is 2.95. The van der Waals surface area contributed by atoms with Crippen molar-refractivity contribution in [3.63, 3.8) is 0 Å². The Bertz CT molecular complexity index is 857. The molecular weight excluding hydrogens is 413 g/mol. The van der Waals surface area contributed by atoms with Crippen LogP contribution in [0.15, 0.2) is 28.7 Å². The summed E-state index contributed by atoms with van der Waals surface area (Å²) >= 11 is 6.23. The lowest BCUT2D eigenvalue weighted by Crippen LogP contribution is -2.34. The molecule has 0 unspecified atom stereocenters. The van der Waals surface area contributed by atoms with Crippen LogP contribution in [0.2, 0.25) is 4.34 Å². The molecule has 1 heterocycles. The zero-order valence-electron chi connectivity index (χ0n) is 12.1. The van der Waals surface area contributed by atoms with Crippen LogP contribution in [0.5, 0.6) is 5.75 Å². The van der Waals surface area contributed by atoms with Gasteiger partial charge in [0.25, 0.3) is 0 Å². The lowest BCUT2D eigenvalue weighted by Gasteiger charge is -2.18. The van der Waals surface area contributed by atoms with Crippen LogP contribution in [0.25, 0.3) is 0 Å². The van der Waals surface area contributed by atoms with Crippen molar-refractivity contribution in [2.75, 3.05) is 6.61 Å². The van der Waals surface area contributed by atoms with Gasteiger partial charge in [0, 0.05) is 5.56 Å². The predicted molar refractivity (Wildman–Crippen MR) is 80.9 cm³/mol. The molecule has 0 radical (unpaired) electrons. The molecule has 0 N–H and O–H groups in total. The number of rotatable bonds is 7. The molecule has 2 rings (SSSR count). The molecule has 0 saturated carbocycles. The standard InChI is InChI=1S/C13H9ClF5NO3S2/c14-10-4-20-12(24-10)25(21,22)5-7-8(15)2-1-3-9(7)23-6-13(18,19)11(16)17/h1-4,11H,5-6H2. The van der Waals surface area contributed by atoms with Crippen LogP contribution in [0.4, 0.5) is 22.0 Å². The van der Waals surface area contributed by atoms with Crippen molar-refractivity contribution < 1.29 is 35.1 Å². The first kappa shape index (κ1) is 19.9. The van der Waals surface area contributed by atoms with Crippen LogP contribution in [0.1, 0.15) is 5.56 Å². The highest BCUT2D eigenvalue weighted by atomic mass is 35.5. The van der Waals surface area contributed by atoms with Gasteiger partial charge in [0.05, 0.1) is 11.9 Å². The van der Waals surface area contributed by atoms with E-state index in [-0.39, 0.29) is 4.34 Å². The van der Waals surface area contributed by atoms with Crippen molar-refractivity contribution in [1.29, 1.82) is 0 Å². The molecule has 12 heteroatoms. The van der Waals surface area contributed by atoms with Crippen molar-refractivity contribution in [3.05, 3.63) is 40.1 Å². The smallest absolute Gasteiger partial charge is 0.340 e. The second-order valence-electron chi connectivity index (χ2n) is 4.76. The molecule has 0 aliphatic carbocycles. The summed E-state index contributed by atoms with van der Waals surface area (Å²) in [5.41, 5.74) is -0.570. The molecule has 1 aromatic heterocycles. The Kier molecular flexibility index (Phi) is 5.89. The Labute approximate surface area is 148 Å². The van der Waals surface area contributed by atoms with Gasteiger partial charge in [0.1, 0.15) is 15.9 Å². The number of hydrogen-bond donors (Lipinski definition) is 0. The van der Waals surface area contributed by atoms with E-state index < -0.39 is 56.0 Å². The van der Waals surface area contributed by atoms with Crippen molar-refractivity contribution in [2.45, 2.75) is 22.4 Å². The summed E-state index contributed by atoms with van der Waals surface area (Å²) in [6.07, 6.45) is -2.90. The predicted octanol–water partition coefficient (Wildman–Crippen LogP) is 4.19. The van der Waals surface area contributed by atoms with Crippen LogP contribution >= 0.6 is 22.9 Å². The molecule has 25 heavy (non-hydrogen) atoms. The summed E-state index contributed by atoms with van der Waals surface area (Å²) in [6.45, 7) is -1.73. The quantitative estimate of drug-likeness (QED) is 0.629. The Morgan fingerprint density at radius 3 is 2.56 bits per heavy atom. The SMILES string of the molecule is O=S(=O)(Cc1c(F)cccc1OCC(F)(F)C(F)F)c1ncc(Cl)s1. The Morgan fingerprint density at radius 2 is 2.00 bits per heavy atom. The second-order valence-corrected chi connectivity index (χ2v) is 8.58. The molecule has 2 aromatic rings. The lowest BCUT2D eigenvalue weighted by atomic mass is 10.2. The minimum Gasteiger partial charge on any atom is -0.487 e. The van der Waals surface area contributed by atoms with Gasteiger partial charge in [0.15, 0.2) is 6.61 Å². The van der Waals surface area contributed by atoms with Gasteiger partial charge in [-0.05, 0) is 12.1 Å². The molecule has 4 nitrogen and oxygen atoms in total. The molecule has 0 spiro atoms. The number of nitrogens with zero attached hydrogens (tertiary/aromatic N) is 1. The Hall–Kier alpha value is -1.46. The molecule has 0 aliphatic rings. The van der Waals surface area contributed by atoms with E-state index in [1.165, 1.54) is 0 Å². The number of thiazole rings is 1. The number of alkyl halides is 4. The number of hydrogen-bond acceptors (Lipinski definition) is 5. The fourth-order valence-electron chi connectivity index (χ4n) is 1.69. The van der Waals surface area contributed by atoms with Gasteiger partial charge in [-0.25, -0.2) is 26.6 Å². The van der Waals surface area contributed by atoms with Gasteiger partial charge < -0.3 is 4.74 Å². The first-order chi connectivity index (χ1) is 11.5. The van der Waals surface area contributed by atoms with Crippen LogP contribution < -0.4 is 4.74 Å². The molecule has 0 saturated heterocycles. The highest BCUT2D eigenvalue weighted by Gasteiger charge is 2.42. The molecule has 0 atom stereocenters. The van der Waals surface area contributed by atoms with E-state index in [1.807, 2.05) is 0 Å². The second kappa shape index (κ2) is 7.42. The van der Waals surface area contributed by atoms with Crippen molar-refractivity contribution in [1.82, 2.24) is 4.98 Å². The van der Waals surface area contributed by atoms with Gasteiger partial charge in [-0.15, -0.1) is 0 Å². The number of halogens is 6. The lowest BCUT2D eigenvalue weighted by molar-refractivity contribution is -0.148. The largest absolute Gasteiger partial charge is 0.487 e. The Balaban J connectivity index is 2.29. The van der Waals surface area contributed by atoms with Gasteiger partial charge in [-0.1, -0.05) is 29.0 Å². The number of benzene rings is 1. The molecule has 0 amide bonds. The summed E-state index contributed by atoms with van der Waals surface area (Å²) in [7, 11) is -4.14. The first-order valence-corrected chi connectivity index (χ1v) is 9.28. The zero-order chi connectivity index (χ0) is 18.8. The fourth-order valence-corrected chi connectivity index (χ4v) is 4.42. The van der Waals surface area contributed by atoms with Crippen LogP contribution in [-0.4, -0.2) is 32.4 Å². The van der Waals surface area contributed by atoms with Gasteiger partial charge >= 0.3 is 12.3 Å². The highest BCUT2D eigenvalue weighted by Crippen LogP contribution is 2.31. The third kappa shape index (κ3) is 4.79. The molecule has 0 fully saturated rings. The van der Waals surface area contributed by atoms with Gasteiger partial charge in [0.2, 0.25) is 14.2 Å². The van der Waals surface area contributed by atoms with E-state index in [2.05, 4.69) is 9.72 Å². The van der Waals surface area contributed by atoms with Crippen LogP contribution in [-0.2, 0) is 15.6 Å². The summed E-state index contributed by atoms with van der Waals surface area (Å²) < 4.78 is 92.9. The van der Waals surface area contributed by atoms with E-state index in [4.69, 9.17) is 11.6 Å². The molecular formula is C13H9ClF5NO3S2. The topological polar surface area (TPSA) is 56.3 Å². The number of aromatic nitrogens is 1. The number of ether oxygens (including phenoxy) is 1. The normalized spacial score (nSPS) is 12.6. The molecule has 0 aliphatic heterocycles. The van der Waals surface area contributed by atoms with E-state index in [9.17, 15) is 30.4 Å². The third-order valence-electron chi connectivity index (χ3n) is 2.87. The van der Waals surface area contributed by atoms with Crippen molar-refractivity contribution >= 4 is 32.8 Å². The molecule has 138 valence electrons. The highest BCUT2D eigenvalue weighted by molar-refractivity contribution is 7.92. The minimum atomic E-state index is -4.47. The van der Waals surface area contributed by atoms with Crippen molar-refractivity contribution in [3.8, 4) is 5.75 Å². The van der Waals surface area contributed by atoms with Crippen molar-refractivity contribution in [2.24, 2.45) is 0 Å². The third-order valence-corrected chi connectivity index (χ3v) is 6.10. The van der Waals surface area contributed by atoms with Gasteiger partial charge in [-0.3, -0.25) is 0 Å². The fraction of sp³-hybridized carbons (Fsp3) is 0.308. The Morgan fingerprint density at radius 1 is 1.32 bits per heavy atom. The maximum atomic E-state index is 14.0. The average molecular weight is 422 g/mol. The summed E-state index contributed by atoms with van der Waals surface area (Å²) in [5.74, 6) is -7.06. The molecule has 0 bridgehead atoms. The van der Waals surface area contributed by atoms with Gasteiger partial charge in [-0.2, -0.15) is 8.78 Å². The van der Waals surface area contributed by atoms with E-state index in [1.54, 1.807) is 0 Å². The van der Waals surface area contributed by atoms with Crippen LogP contribution in [0.3, 0.4) is 0 Å². The van der Waals surface area contributed by atoms with Crippen LogP contribution in [0, 0.1) is 5.82 Å². The summed E-state index contributed by atoms with van der Waals surface area (Å²) in [4.78, 5) is 3.57. The minimum absolute atomic E-state index is 0.0835. The summed E-state index contributed by atoms with van der Waals surface area (Å²) in [6, 6.07) is 2.96. The first-order valence-electron chi connectivity index (χ1n) is 6.43. The zero-order valence-corrected chi connectivity index (χ0v) is 14.4. The van der Waals surface area contributed by atoms with E-state index >= 15 is 0 Å². The van der Waals surface area contributed by atoms with E-state index in [0.717, 1.165) is 24.4 Å².